The Balaban J connectivity index is 1.67. The third kappa shape index (κ3) is 4.64. The number of alkyl halides is 3. The molecule has 1 aliphatic rings. The summed E-state index contributed by atoms with van der Waals surface area (Å²) in [6.07, 6.45) is 0.254. The molecule has 0 spiro atoms. The molecular formula is C18H21F3N4O2. The monoisotopic (exact) mass is 382 g/mol. The minimum absolute atomic E-state index is 0.0190. The van der Waals surface area contributed by atoms with Gasteiger partial charge in [0.25, 0.3) is 0 Å². The Bertz CT molecular complexity index is 798. The van der Waals surface area contributed by atoms with Crippen LogP contribution in [0.5, 0.6) is 0 Å². The van der Waals surface area contributed by atoms with Crippen LogP contribution in [-0.4, -0.2) is 21.0 Å². The van der Waals surface area contributed by atoms with Gasteiger partial charge in [0.1, 0.15) is 11.7 Å². The Morgan fingerprint density at radius 3 is 2.67 bits per heavy atom. The second-order valence-electron chi connectivity index (χ2n) is 7.07. The van der Waals surface area contributed by atoms with Crippen LogP contribution in [0.15, 0.2) is 22.9 Å². The number of hydrogen-bond acceptors (Lipinski definition) is 5. The van der Waals surface area contributed by atoms with Crippen molar-refractivity contribution in [3.63, 3.8) is 0 Å². The van der Waals surface area contributed by atoms with E-state index in [-0.39, 0.29) is 29.1 Å². The van der Waals surface area contributed by atoms with Gasteiger partial charge in [0, 0.05) is 17.7 Å². The Hall–Kier alpha value is -2.45. The van der Waals surface area contributed by atoms with Crippen molar-refractivity contribution in [1.29, 1.82) is 0 Å². The molecule has 27 heavy (non-hydrogen) atoms. The summed E-state index contributed by atoms with van der Waals surface area (Å²) in [6.45, 7) is 3.88. The highest BCUT2D eigenvalue weighted by Gasteiger charge is 2.33. The molecule has 6 nitrogen and oxygen atoms in total. The van der Waals surface area contributed by atoms with Crippen LogP contribution < -0.4 is 5.32 Å². The van der Waals surface area contributed by atoms with Crippen LogP contribution in [0.3, 0.4) is 0 Å². The predicted octanol–water partition coefficient (Wildman–Crippen LogP) is 4.15. The Morgan fingerprint density at radius 1 is 1.30 bits per heavy atom. The molecule has 1 saturated carbocycles. The molecule has 3 rings (SSSR count). The van der Waals surface area contributed by atoms with Gasteiger partial charge in [-0.25, -0.2) is 0 Å². The first-order valence-electron chi connectivity index (χ1n) is 8.91. The van der Waals surface area contributed by atoms with Gasteiger partial charge in [-0.05, 0) is 50.7 Å². The summed E-state index contributed by atoms with van der Waals surface area (Å²) in [5, 5.41) is 6.58. The number of pyridine rings is 1. The molecule has 1 N–H and O–H groups in total. The Labute approximate surface area is 154 Å². The molecule has 146 valence electrons. The normalized spacial score (nSPS) is 21.7. The van der Waals surface area contributed by atoms with Crippen molar-refractivity contribution in [2.24, 2.45) is 11.8 Å². The fourth-order valence-corrected chi connectivity index (χ4v) is 3.17. The van der Waals surface area contributed by atoms with Gasteiger partial charge in [0.15, 0.2) is 0 Å². The smallest absolute Gasteiger partial charge is 0.344 e. The van der Waals surface area contributed by atoms with E-state index in [1.165, 1.54) is 6.07 Å². The van der Waals surface area contributed by atoms with Gasteiger partial charge in [-0.1, -0.05) is 12.1 Å². The average Bonchev–Trinajstić information content (AvgIpc) is 3.12. The standard InChI is InChI=1S/C18H21F3N4O2/c1-10-3-5-12(6-4-10)16(26)23-11(2)17-24-15(25-27-17)13-7-8-22-14(9-13)18(19,20)21/h7-12H,3-6H2,1-2H3,(H,23,26)/t10?,11-,12?/m0/s1. The summed E-state index contributed by atoms with van der Waals surface area (Å²) in [6, 6.07) is 1.71. The Kier molecular flexibility index (Phi) is 5.48. The number of carbonyl (C=O) groups excluding carboxylic acids is 1. The summed E-state index contributed by atoms with van der Waals surface area (Å²) in [7, 11) is 0. The molecule has 0 aliphatic heterocycles. The minimum atomic E-state index is -4.55. The second-order valence-corrected chi connectivity index (χ2v) is 7.07. The van der Waals surface area contributed by atoms with E-state index in [1.807, 2.05) is 0 Å². The lowest BCUT2D eigenvalue weighted by Gasteiger charge is -2.26. The van der Waals surface area contributed by atoms with Crippen molar-refractivity contribution in [3.05, 3.63) is 29.9 Å². The van der Waals surface area contributed by atoms with Crippen LogP contribution in [0, 0.1) is 11.8 Å². The molecule has 1 atom stereocenters. The third-order valence-electron chi connectivity index (χ3n) is 4.87. The zero-order valence-electron chi connectivity index (χ0n) is 15.1. The number of aromatic nitrogens is 3. The van der Waals surface area contributed by atoms with E-state index in [4.69, 9.17) is 4.52 Å². The lowest BCUT2D eigenvalue weighted by molar-refractivity contribution is -0.141. The van der Waals surface area contributed by atoms with Gasteiger partial charge < -0.3 is 9.84 Å². The van der Waals surface area contributed by atoms with Crippen LogP contribution in [0.25, 0.3) is 11.4 Å². The molecule has 1 fully saturated rings. The van der Waals surface area contributed by atoms with Crippen molar-refractivity contribution in [2.45, 2.75) is 51.7 Å². The molecule has 2 heterocycles. The van der Waals surface area contributed by atoms with Gasteiger partial charge in [-0.15, -0.1) is 0 Å². The fourth-order valence-electron chi connectivity index (χ4n) is 3.17. The predicted molar refractivity (Wildman–Crippen MR) is 90.2 cm³/mol. The number of carbonyl (C=O) groups is 1. The summed E-state index contributed by atoms with van der Waals surface area (Å²) in [5.41, 5.74) is -0.883. The fraction of sp³-hybridized carbons (Fsp3) is 0.556. The van der Waals surface area contributed by atoms with Crippen molar-refractivity contribution < 1.29 is 22.5 Å². The first kappa shape index (κ1) is 19.3. The first-order valence-corrected chi connectivity index (χ1v) is 8.91. The molecule has 1 amide bonds. The van der Waals surface area contributed by atoms with Crippen LogP contribution in [0.1, 0.15) is 57.2 Å². The van der Waals surface area contributed by atoms with E-state index in [0.29, 0.717) is 5.92 Å². The van der Waals surface area contributed by atoms with E-state index >= 15 is 0 Å². The summed E-state index contributed by atoms with van der Waals surface area (Å²) in [5.74, 6) is 0.725. The quantitative estimate of drug-likeness (QED) is 0.859. The maximum atomic E-state index is 12.8. The third-order valence-corrected chi connectivity index (χ3v) is 4.87. The van der Waals surface area contributed by atoms with E-state index in [2.05, 4.69) is 27.4 Å². The second kappa shape index (κ2) is 7.66. The number of hydrogen-bond donors (Lipinski definition) is 1. The lowest BCUT2D eigenvalue weighted by atomic mass is 9.82. The van der Waals surface area contributed by atoms with Crippen LogP contribution >= 0.6 is 0 Å². The molecule has 9 heteroatoms. The van der Waals surface area contributed by atoms with Crippen molar-refractivity contribution in [3.8, 4) is 11.4 Å². The largest absolute Gasteiger partial charge is 0.433 e. The number of nitrogens with zero attached hydrogens (tertiary/aromatic N) is 3. The zero-order chi connectivity index (χ0) is 19.6. The summed E-state index contributed by atoms with van der Waals surface area (Å²) >= 11 is 0. The molecule has 0 radical (unpaired) electrons. The molecule has 2 aromatic heterocycles. The number of amides is 1. The SMILES string of the molecule is CC1CCC(C(=O)N[C@@H](C)c2nc(-c3ccnc(C(F)(F)F)c3)no2)CC1. The first-order chi connectivity index (χ1) is 12.7. The Morgan fingerprint density at radius 2 is 2.00 bits per heavy atom. The maximum Gasteiger partial charge on any atom is 0.433 e. The molecular weight excluding hydrogens is 361 g/mol. The van der Waals surface area contributed by atoms with Gasteiger partial charge in [0.05, 0.1) is 0 Å². The maximum absolute atomic E-state index is 12.8. The topological polar surface area (TPSA) is 80.9 Å². The van der Waals surface area contributed by atoms with Crippen molar-refractivity contribution in [2.75, 3.05) is 0 Å². The molecule has 0 bridgehead atoms. The van der Waals surface area contributed by atoms with Gasteiger partial charge in [0.2, 0.25) is 17.6 Å². The molecule has 0 saturated heterocycles. The summed E-state index contributed by atoms with van der Waals surface area (Å²) in [4.78, 5) is 19.8. The highest BCUT2D eigenvalue weighted by atomic mass is 19.4. The number of rotatable bonds is 4. The van der Waals surface area contributed by atoms with E-state index in [0.717, 1.165) is 37.9 Å². The van der Waals surface area contributed by atoms with Crippen LogP contribution in [0.2, 0.25) is 0 Å². The molecule has 1 aliphatic carbocycles. The van der Waals surface area contributed by atoms with E-state index < -0.39 is 17.9 Å². The lowest BCUT2D eigenvalue weighted by Crippen LogP contribution is -2.34. The minimum Gasteiger partial charge on any atom is -0.344 e. The van der Waals surface area contributed by atoms with Gasteiger partial charge in [-0.3, -0.25) is 9.78 Å². The molecule has 0 aromatic carbocycles. The van der Waals surface area contributed by atoms with Crippen LogP contribution in [-0.2, 0) is 11.0 Å². The van der Waals surface area contributed by atoms with Crippen LogP contribution in [0.4, 0.5) is 13.2 Å². The van der Waals surface area contributed by atoms with Gasteiger partial charge >= 0.3 is 6.18 Å². The van der Waals surface area contributed by atoms with Gasteiger partial charge in [-0.2, -0.15) is 18.2 Å². The van der Waals surface area contributed by atoms with Crippen molar-refractivity contribution in [1.82, 2.24) is 20.4 Å². The summed E-state index contributed by atoms with van der Waals surface area (Å²) < 4.78 is 43.5. The molecule has 2 aromatic rings. The number of nitrogens with one attached hydrogen (secondary N) is 1. The van der Waals surface area contributed by atoms with Crippen molar-refractivity contribution >= 4 is 5.91 Å². The number of halogens is 3. The zero-order valence-corrected chi connectivity index (χ0v) is 15.1. The van der Waals surface area contributed by atoms with E-state index in [1.54, 1.807) is 6.92 Å². The van der Waals surface area contributed by atoms with E-state index in [9.17, 15) is 18.0 Å². The highest BCUT2D eigenvalue weighted by molar-refractivity contribution is 5.79. The molecule has 0 unspecified atom stereocenters. The average molecular weight is 382 g/mol. The highest BCUT2D eigenvalue weighted by Crippen LogP contribution is 2.31.